The van der Waals surface area contributed by atoms with E-state index in [1.165, 1.54) is 28.3 Å². The molecule has 1 amide bonds. The summed E-state index contributed by atoms with van der Waals surface area (Å²) in [5.41, 5.74) is 0. The van der Waals surface area contributed by atoms with Gasteiger partial charge in [0.05, 0.1) is 30.5 Å². The molecule has 0 unspecified atom stereocenters. The Balaban J connectivity index is 1.41. The number of nitrogens with one attached hydrogen (secondary N) is 1. The molecule has 2 heterocycles. The van der Waals surface area contributed by atoms with E-state index >= 15 is 0 Å². The second-order valence-corrected chi connectivity index (χ2v) is 9.08. The maximum absolute atomic E-state index is 12.6. The predicted octanol–water partition coefficient (Wildman–Crippen LogP) is 1.39. The molecule has 1 fully saturated rings. The predicted molar refractivity (Wildman–Crippen MR) is 109 cm³/mol. The van der Waals surface area contributed by atoms with E-state index in [4.69, 9.17) is 9.47 Å². The molecule has 0 atom stereocenters. The second kappa shape index (κ2) is 10.6. The van der Waals surface area contributed by atoms with Crippen LogP contribution in [0.2, 0.25) is 0 Å². The third kappa shape index (κ3) is 6.43. The zero-order valence-electron chi connectivity index (χ0n) is 15.8. The van der Waals surface area contributed by atoms with Crippen LogP contribution in [-0.2, 0) is 19.6 Å². The molecule has 1 aliphatic rings. The number of sulfonamides is 1. The van der Waals surface area contributed by atoms with Crippen LogP contribution in [0, 0.1) is 0 Å². The molecule has 156 valence electrons. The van der Waals surface area contributed by atoms with Crippen LogP contribution in [0.3, 0.4) is 0 Å². The molecule has 0 saturated carbocycles. The van der Waals surface area contributed by atoms with Crippen LogP contribution in [0.1, 0.15) is 0 Å². The second-order valence-electron chi connectivity index (χ2n) is 6.15. The molecule has 1 aromatic carbocycles. The van der Waals surface area contributed by atoms with E-state index in [1.807, 2.05) is 30.3 Å². The van der Waals surface area contributed by atoms with Crippen LogP contribution in [0.4, 0.5) is 0 Å². The fourth-order valence-corrected chi connectivity index (χ4v) is 4.63. The zero-order valence-corrected chi connectivity index (χ0v) is 17.5. The Morgan fingerprint density at radius 1 is 1.17 bits per heavy atom. The van der Waals surface area contributed by atoms with E-state index in [0.717, 1.165) is 5.75 Å². The Kier molecular flexibility index (Phi) is 7.87. The third-order valence-electron chi connectivity index (χ3n) is 4.10. The summed E-state index contributed by atoms with van der Waals surface area (Å²) in [6, 6.07) is 12.5. The van der Waals surface area contributed by atoms with Crippen molar-refractivity contribution in [3.8, 4) is 5.75 Å². The molecule has 0 bridgehead atoms. The first-order valence-corrected chi connectivity index (χ1v) is 11.6. The Morgan fingerprint density at radius 3 is 2.62 bits per heavy atom. The topological polar surface area (TPSA) is 97.8 Å². The molecule has 1 aromatic heterocycles. The fraction of sp³-hybridized carbons (Fsp3) is 0.368. The Hall–Kier alpha value is -2.14. The fourth-order valence-electron chi connectivity index (χ4n) is 2.61. The number of carbonyl (C=O) groups excluding carboxylic acids is 1. The zero-order chi connectivity index (χ0) is 20.5. The van der Waals surface area contributed by atoms with E-state index < -0.39 is 10.0 Å². The van der Waals surface area contributed by atoms with Crippen LogP contribution in [0.25, 0.3) is 0 Å². The molecule has 29 heavy (non-hydrogen) atoms. The van der Waals surface area contributed by atoms with Gasteiger partial charge in [0.1, 0.15) is 17.3 Å². The Bertz CT molecular complexity index is 886. The number of nitrogens with zero attached hydrogens (tertiary/aromatic N) is 2. The van der Waals surface area contributed by atoms with E-state index in [9.17, 15) is 13.2 Å². The van der Waals surface area contributed by atoms with E-state index in [0.29, 0.717) is 44.5 Å². The van der Waals surface area contributed by atoms with E-state index in [1.54, 1.807) is 6.07 Å². The lowest BCUT2D eigenvalue weighted by Gasteiger charge is -2.25. The van der Waals surface area contributed by atoms with Crippen molar-refractivity contribution in [2.45, 2.75) is 9.92 Å². The number of hydrogen-bond acceptors (Lipinski definition) is 7. The first kappa shape index (κ1) is 21.6. The highest BCUT2D eigenvalue weighted by Gasteiger charge is 2.26. The summed E-state index contributed by atoms with van der Waals surface area (Å²) in [6.45, 7) is 2.25. The smallest absolute Gasteiger partial charge is 0.244 e. The number of rotatable bonds is 9. The monoisotopic (exact) mass is 437 g/mol. The van der Waals surface area contributed by atoms with Crippen LogP contribution in [0.15, 0.2) is 58.6 Å². The number of hydrogen-bond donors (Lipinski definition) is 1. The number of para-hydroxylation sites is 1. The highest BCUT2D eigenvalue weighted by Crippen LogP contribution is 2.20. The standard InChI is InChI=1S/C19H23N3O5S2/c23-18(20-8-11-27-16-4-2-1-3-5-16)15-28-19-7-6-17(14-21-19)29(24,25)22-9-12-26-13-10-22/h1-7,14H,8-13,15H2,(H,20,23). The lowest BCUT2D eigenvalue weighted by molar-refractivity contribution is -0.118. The highest BCUT2D eigenvalue weighted by molar-refractivity contribution is 7.99. The lowest BCUT2D eigenvalue weighted by atomic mass is 10.3. The van der Waals surface area contributed by atoms with Gasteiger partial charge < -0.3 is 14.8 Å². The van der Waals surface area contributed by atoms with E-state index in [2.05, 4.69) is 10.3 Å². The number of aromatic nitrogens is 1. The van der Waals surface area contributed by atoms with Crippen molar-refractivity contribution in [2.75, 3.05) is 45.2 Å². The molecule has 0 aliphatic carbocycles. The lowest BCUT2D eigenvalue weighted by Crippen LogP contribution is -2.40. The average molecular weight is 438 g/mol. The summed E-state index contributed by atoms with van der Waals surface area (Å²) in [5.74, 6) is 0.805. The van der Waals surface area contributed by atoms with Crippen molar-refractivity contribution in [2.24, 2.45) is 0 Å². The van der Waals surface area contributed by atoms with Gasteiger partial charge in [0.2, 0.25) is 15.9 Å². The first-order valence-electron chi connectivity index (χ1n) is 9.17. The minimum Gasteiger partial charge on any atom is -0.492 e. The van der Waals surface area contributed by atoms with Crippen LogP contribution in [-0.4, -0.2) is 68.8 Å². The van der Waals surface area contributed by atoms with Crippen molar-refractivity contribution in [3.05, 3.63) is 48.7 Å². The Labute approximate surface area is 174 Å². The third-order valence-corrected chi connectivity index (χ3v) is 6.93. The summed E-state index contributed by atoms with van der Waals surface area (Å²) >= 11 is 1.25. The van der Waals surface area contributed by atoms with Crippen LogP contribution < -0.4 is 10.1 Å². The van der Waals surface area contributed by atoms with Gasteiger partial charge in [-0.2, -0.15) is 4.31 Å². The molecule has 3 rings (SSSR count). The molecular formula is C19H23N3O5S2. The normalized spacial score (nSPS) is 15.0. The van der Waals surface area contributed by atoms with Crippen LogP contribution >= 0.6 is 11.8 Å². The highest BCUT2D eigenvalue weighted by atomic mass is 32.2. The Morgan fingerprint density at radius 2 is 1.93 bits per heavy atom. The number of morpholine rings is 1. The summed E-state index contributed by atoms with van der Waals surface area (Å²) in [5, 5.41) is 3.36. The molecule has 8 nitrogen and oxygen atoms in total. The van der Waals surface area contributed by atoms with Crippen molar-refractivity contribution in [1.29, 1.82) is 0 Å². The number of amides is 1. The van der Waals surface area contributed by atoms with Gasteiger partial charge in [-0.25, -0.2) is 13.4 Å². The molecule has 0 spiro atoms. The SMILES string of the molecule is O=C(CSc1ccc(S(=O)(=O)N2CCOCC2)cn1)NCCOc1ccccc1. The van der Waals surface area contributed by atoms with Gasteiger partial charge in [-0.05, 0) is 24.3 Å². The number of pyridine rings is 1. The molecule has 2 aromatic rings. The molecule has 10 heteroatoms. The summed E-state index contributed by atoms with van der Waals surface area (Å²) < 4.78 is 37.2. The number of carbonyl (C=O) groups is 1. The summed E-state index contributed by atoms with van der Waals surface area (Å²) in [7, 11) is -3.56. The molecular weight excluding hydrogens is 414 g/mol. The van der Waals surface area contributed by atoms with Gasteiger partial charge in [-0.15, -0.1) is 0 Å². The van der Waals surface area contributed by atoms with Gasteiger partial charge in [0.25, 0.3) is 0 Å². The maximum Gasteiger partial charge on any atom is 0.244 e. The molecule has 0 radical (unpaired) electrons. The van der Waals surface area contributed by atoms with Crippen molar-refractivity contribution >= 4 is 27.7 Å². The molecule has 1 saturated heterocycles. The van der Waals surface area contributed by atoms with Gasteiger partial charge in [0, 0.05) is 19.3 Å². The average Bonchev–Trinajstić information content (AvgIpc) is 2.77. The minimum atomic E-state index is -3.56. The van der Waals surface area contributed by atoms with Crippen LogP contribution in [0.5, 0.6) is 5.75 Å². The van der Waals surface area contributed by atoms with Gasteiger partial charge in [-0.3, -0.25) is 4.79 Å². The maximum atomic E-state index is 12.6. The van der Waals surface area contributed by atoms with Gasteiger partial charge in [0.15, 0.2) is 0 Å². The summed E-state index contributed by atoms with van der Waals surface area (Å²) in [4.78, 5) is 16.2. The molecule has 1 aliphatic heterocycles. The number of benzene rings is 1. The quantitative estimate of drug-likeness (QED) is 0.468. The van der Waals surface area contributed by atoms with E-state index in [-0.39, 0.29) is 16.6 Å². The minimum absolute atomic E-state index is 0.140. The van der Waals surface area contributed by atoms with Crippen molar-refractivity contribution < 1.29 is 22.7 Å². The first-order chi connectivity index (χ1) is 14.1. The summed E-state index contributed by atoms with van der Waals surface area (Å²) in [6.07, 6.45) is 1.33. The molecule has 1 N–H and O–H groups in total. The van der Waals surface area contributed by atoms with Crippen molar-refractivity contribution in [3.63, 3.8) is 0 Å². The van der Waals surface area contributed by atoms with Gasteiger partial charge in [-0.1, -0.05) is 30.0 Å². The van der Waals surface area contributed by atoms with Crippen molar-refractivity contribution in [1.82, 2.24) is 14.6 Å². The van der Waals surface area contributed by atoms with Gasteiger partial charge >= 0.3 is 0 Å². The number of ether oxygens (including phenoxy) is 2. The number of thioether (sulfide) groups is 1. The largest absolute Gasteiger partial charge is 0.492 e.